The molecule has 0 amide bonds. The van der Waals surface area contributed by atoms with Crippen LogP contribution in [0.25, 0.3) is 0 Å². The van der Waals surface area contributed by atoms with Gasteiger partial charge in [-0.1, -0.05) is 88.4 Å². The molecule has 2 aromatic rings. The van der Waals surface area contributed by atoms with E-state index in [0.29, 0.717) is 46.8 Å². The molecule has 9 nitrogen and oxygen atoms in total. The van der Waals surface area contributed by atoms with Gasteiger partial charge in [-0.3, -0.25) is 9.59 Å². The van der Waals surface area contributed by atoms with Crippen LogP contribution < -0.4 is 22.1 Å². The first-order valence-corrected chi connectivity index (χ1v) is 14.8. The minimum Gasteiger partial charge on any atom is -0.412 e. The molecule has 2 aromatic carbocycles. The van der Waals surface area contributed by atoms with Crippen molar-refractivity contribution in [2.45, 2.75) is 65.2 Å². The normalized spacial score (nSPS) is 23.2. The highest BCUT2D eigenvalue weighted by molar-refractivity contribution is 6.01. The van der Waals surface area contributed by atoms with Crippen molar-refractivity contribution in [3.8, 4) is 12.1 Å². The van der Waals surface area contributed by atoms with E-state index in [1.54, 1.807) is 0 Å². The van der Waals surface area contributed by atoms with Gasteiger partial charge in [0.1, 0.15) is 11.6 Å². The van der Waals surface area contributed by atoms with E-state index in [2.05, 4.69) is 50.5 Å². The van der Waals surface area contributed by atoms with Crippen molar-refractivity contribution in [3.63, 3.8) is 0 Å². The molecule has 0 unspecified atom stereocenters. The van der Waals surface area contributed by atoms with E-state index in [9.17, 15) is 20.1 Å². The Balaban J connectivity index is 0.000000200. The fourth-order valence-electron chi connectivity index (χ4n) is 6.83. The van der Waals surface area contributed by atoms with Crippen molar-refractivity contribution in [3.05, 3.63) is 117 Å². The van der Waals surface area contributed by atoms with Crippen LogP contribution in [-0.4, -0.2) is 17.0 Å². The van der Waals surface area contributed by atoms with E-state index in [1.165, 1.54) is 0 Å². The SMILES string of the molecule is CC1(C)CC(=O)C2=C(C1)NC(N)=C(C#N)[C@@H]2c1ccccc1.CC1(C)CC(=O)C2=C(C1)NC(N)=C(C#N)[C@@H]2c1ccccc1.O. The number of carbonyl (C=O) groups excluding carboxylic acids is 2. The lowest BCUT2D eigenvalue weighted by Gasteiger charge is -2.38. The van der Waals surface area contributed by atoms with Crippen molar-refractivity contribution >= 4 is 11.6 Å². The fraction of sp³-hybridized carbons (Fsp3) is 0.333. The third-order valence-corrected chi connectivity index (χ3v) is 8.65. The molecule has 0 saturated carbocycles. The van der Waals surface area contributed by atoms with Gasteiger partial charge in [0.15, 0.2) is 11.6 Å². The minimum absolute atomic E-state index is 0. The van der Waals surface area contributed by atoms with Gasteiger partial charge < -0.3 is 27.6 Å². The van der Waals surface area contributed by atoms with Gasteiger partial charge in [-0.25, -0.2) is 0 Å². The maximum Gasteiger partial charge on any atom is 0.162 e. The lowest BCUT2D eigenvalue weighted by Crippen LogP contribution is -2.39. The van der Waals surface area contributed by atoms with Crippen LogP contribution in [0.5, 0.6) is 0 Å². The van der Waals surface area contributed by atoms with E-state index < -0.39 is 0 Å². The summed E-state index contributed by atoms with van der Waals surface area (Å²) in [6.07, 6.45) is 2.51. The third-order valence-electron chi connectivity index (χ3n) is 8.65. The molecule has 2 heterocycles. The predicted octanol–water partition coefficient (Wildman–Crippen LogP) is 4.60. The van der Waals surface area contributed by atoms with Gasteiger partial charge in [-0.2, -0.15) is 10.5 Å². The average Bonchev–Trinajstić information content (AvgIpc) is 2.95. The second-order valence-electron chi connectivity index (χ2n) is 13.5. The summed E-state index contributed by atoms with van der Waals surface area (Å²) in [5, 5.41) is 25.2. The Morgan fingerprint density at radius 1 is 0.644 bits per heavy atom. The van der Waals surface area contributed by atoms with Crippen LogP contribution in [0.4, 0.5) is 0 Å². The van der Waals surface area contributed by atoms with Crippen LogP contribution in [0.2, 0.25) is 0 Å². The van der Waals surface area contributed by atoms with Gasteiger partial charge in [-0.15, -0.1) is 0 Å². The van der Waals surface area contributed by atoms with Crippen molar-refractivity contribution in [1.29, 1.82) is 10.5 Å². The van der Waals surface area contributed by atoms with Crippen LogP contribution in [0.15, 0.2) is 106 Å². The number of hydrogen-bond acceptors (Lipinski definition) is 8. The summed E-state index contributed by atoms with van der Waals surface area (Å²) in [5.41, 5.74) is 17.8. The summed E-state index contributed by atoms with van der Waals surface area (Å²) in [6, 6.07) is 23.6. The Morgan fingerprint density at radius 2 is 0.978 bits per heavy atom. The van der Waals surface area contributed by atoms with Gasteiger partial charge in [0.25, 0.3) is 0 Å². The summed E-state index contributed by atoms with van der Waals surface area (Å²) >= 11 is 0. The number of carbonyl (C=O) groups is 2. The highest BCUT2D eigenvalue weighted by atomic mass is 16.1. The molecule has 0 saturated heterocycles. The van der Waals surface area contributed by atoms with E-state index in [0.717, 1.165) is 35.4 Å². The molecule has 0 spiro atoms. The number of ketones is 2. The number of hydrogen-bond donors (Lipinski definition) is 4. The summed E-state index contributed by atoms with van der Waals surface area (Å²) in [4.78, 5) is 25.5. The van der Waals surface area contributed by atoms with Gasteiger partial charge in [0, 0.05) is 35.4 Å². The zero-order valence-electron chi connectivity index (χ0n) is 26.1. The maximum absolute atomic E-state index is 12.7. The Bertz CT molecular complexity index is 1600. The van der Waals surface area contributed by atoms with E-state index in [1.807, 2.05) is 60.7 Å². The minimum atomic E-state index is -0.356. The third kappa shape index (κ3) is 6.40. The van der Waals surface area contributed by atoms with Crippen molar-refractivity contribution in [2.75, 3.05) is 0 Å². The Kier molecular flexibility index (Phi) is 9.09. The van der Waals surface area contributed by atoms with Gasteiger partial charge in [0.2, 0.25) is 0 Å². The molecule has 0 fully saturated rings. The Labute approximate surface area is 264 Å². The number of rotatable bonds is 2. The van der Waals surface area contributed by atoms with Crippen molar-refractivity contribution in [1.82, 2.24) is 10.6 Å². The lowest BCUT2D eigenvalue weighted by molar-refractivity contribution is -0.119. The number of benzene rings is 2. The first-order chi connectivity index (χ1) is 20.9. The maximum atomic E-state index is 12.7. The van der Waals surface area contributed by atoms with Crippen LogP contribution in [0.1, 0.15) is 76.3 Å². The molecular weight excluding hydrogens is 564 g/mol. The number of nitrogens with zero attached hydrogens (tertiary/aromatic N) is 2. The highest BCUT2D eigenvalue weighted by Crippen LogP contribution is 2.47. The zero-order valence-corrected chi connectivity index (χ0v) is 26.1. The van der Waals surface area contributed by atoms with Crippen LogP contribution >= 0.6 is 0 Å². The van der Waals surface area contributed by atoms with E-state index in [4.69, 9.17) is 11.5 Å². The molecule has 2 aliphatic carbocycles. The zero-order chi connectivity index (χ0) is 31.8. The summed E-state index contributed by atoms with van der Waals surface area (Å²) in [6.45, 7) is 8.31. The predicted molar refractivity (Wildman–Crippen MR) is 172 cm³/mol. The number of nitrogens with two attached hydrogens (primary N) is 2. The molecule has 45 heavy (non-hydrogen) atoms. The molecule has 232 valence electrons. The molecular formula is C36H40N6O3. The standard InChI is InChI=1S/2C18H19N3O.H2O/c2*1-18(2)8-13-16(14(22)9-18)15(11-6-4-3-5-7-11)12(10-19)17(20)21-13;/h2*3-7,15,21H,8-9,20H2,1-2H3;1H2/t2*15-;/m00./s1. The van der Waals surface area contributed by atoms with Crippen LogP contribution in [-0.2, 0) is 9.59 Å². The number of allylic oxidation sites excluding steroid dienone is 6. The lowest BCUT2D eigenvalue weighted by atomic mass is 9.69. The van der Waals surface area contributed by atoms with Crippen LogP contribution in [0.3, 0.4) is 0 Å². The molecule has 0 aromatic heterocycles. The Morgan fingerprint density at radius 3 is 1.29 bits per heavy atom. The largest absolute Gasteiger partial charge is 0.412 e. The van der Waals surface area contributed by atoms with Crippen LogP contribution in [0, 0.1) is 33.5 Å². The molecule has 2 aliphatic heterocycles. The molecule has 9 heteroatoms. The molecule has 0 radical (unpaired) electrons. The topological polar surface area (TPSA) is 189 Å². The second kappa shape index (κ2) is 12.5. The van der Waals surface area contributed by atoms with E-state index >= 15 is 0 Å². The first-order valence-electron chi connectivity index (χ1n) is 14.8. The smallest absolute Gasteiger partial charge is 0.162 e. The quantitative estimate of drug-likeness (QED) is 0.382. The van der Waals surface area contributed by atoms with Gasteiger partial charge in [0.05, 0.1) is 35.1 Å². The molecule has 8 N–H and O–H groups in total. The number of Topliss-reactive ketones (excluding diaryl/α,β-unsaturated/α-hetero) is 2. The second-order valence-corrected chi connectivity index (χ2v) is 13.5. The summed E-state index contributed by atoms with van der Waals surface area (Å²) < 4.78 is 0. The van der Waals surface area contributed by atoms with E-state index in [-0.39, 0.29) is 39.7 Å². The summed E-state index contributed by atoms with van der Waals surface area (Å²) in [7, 11) is 0. The average molecular weight is 605 g/mol. The number of nitrogens with one attached hydrogen (secondary N) is 2. The summed E-state index contributed by atoms with van der Waals surface area (Å²) in [5.74, 6) is 0.221. The number of dihydropyridines is 2. The monoisotopic (exact) mass is 604 g/mol. The molecule has 6 rings (SSSR count). The highest BCUT2D eigenvalue weighted by Gasteiger charge is 2.42. The molecule has 4 aliphatic rings. The fourth-order valence-corrected chi connectivity index (χ4v) is 6.83. The Hall–Kier alpha value is -5.12. The van der Waals surface area contributed by atoms with Crippen molar-refractivity contribution < 1.29 is 15.1 Å². The molecule has 2 atom stereocenters. The number of nitriles is 2. The molecule has 0 bridgehead atoms. The van der Waals surface area contributed by atoms with Gasteiger partial charge >= 0.3 is 0 Å². The van der Waals surface area contributed by atoms with Gasteiger partial charge in [-0.05, 0) is 34.8 Å². The first kappa shape index (κ1) is 32.8. The van der Waals surface area contributed by atoms with Crippen molar-refractivity contribution in [2.24, 2.45) is 22.3 Å².